The molecule has 0 bridgehead atoms. The van der Waals surface area contributed by atoms with E-state index in [4.69, 9.17) is 5.73 Å². The second-order valence-corrected chi connectivity index (χ2v) is 4.49. The van der Waals surface area contributed by atoms with Crippen LogP contribution in [0.5, 0.6) is 0 Å². The van der Waals surface area contributed by atoms with Gasteiger partial charge in [-0.05, 0) is 19.1 Å². The second kappa shape index (κ2) is 4.53. The standard InChI is InChI=1S/C10H15NS/c1-8-3-5-10(6-4-8)12-9(2)7-11/h3-6,9H,7,11H2,1-2H3. The highest BCUT2D eigenvalue weighted by molar-refractivity contribution is 8.00. The van der Waals surface area contributed by atoms with Gasteiger partial charge in [-0.25, -0.2) is 0 Å². The zero-order valence-electron chi connectivity index (χ0n) is 7.58. The molecule has 1 atom stereocenters. The maximum atomic E-state index is 5.53. The van der Waals surface area contributed by atoms with Gasteiger partial charge in [0.2, 0.25) is 0 Å². The Kier molecular flexibility index (Phi) is 3.63. The SMILES string of the molecule is Cc1ccc(SC(C)CN)cc1. The molecular formula is C10H15NS. The van der Waals surface area contributed by atoms with Gasteiger partial charge in [-0.3, -0.25) is 0 Å². The van der Waals surface area contributed by atoms with Crippen molar-refractivity contribution in [3.63, 3.8) is 0 Å². The van der Waals surface area contributed by atoms with E-state index in [9.17, 15) is 0 Å². The third kappa shape index (κ3) is 2.88. The van der Waals surface area contributed by atoms with Crippen LogP contribution in [0.3, 0.4) is 0 Å². The Balaban J connectivity index is 2.58. The highest BCUT2D eigenvalue weighted by atomic mass is 32.2. The summed E-state index contributed by atoms with van der Waals surface area (Å²) in [4.78, 5) is 1.30. The Labute approximate surface area is 78.4 Å². The molecule has 0 spiro atoms. The molecule has 0 saturated heterocycles. The van der Waals surface area contributed by atoms with E-state index >= 15 is 0 Å². The van der Waals surface area contributed by atoms with E-state index in [1.165, 1.54) is 10.5 Å². The number of benzene rings is 1. The van der Waals surface area contributed by atoms with Gasteiger partial charge < -0.3 is 5.73 Å². The Morgan fingerprint density at radius 3 is 2.42 bits per heavy atom. The molecule has 1 nitrogen and oxygen atoms in total. The van der Waals surface area contributed by atoms with E-state index in [0.29, 0.717) is 5.25 Å². The van der Waals surface area contributed by atoms with Crippen LogP contribution in [0.15, 0.2) is 29.2 Å². The number of hydrogen-bond donors (Lipinski definition) is 1. The lowest BCUT2D eigenvalue weighted by Crippen LogP contribution is -2.12. The van der Waals surface area contributed by atoms with Crippen molar-refractivity contribution in [2.24, 2.45) is 5.73 Å². The van der Waals surface area contributed by atoms with Crippen molar-refractivity contribution in [3.8, 4) is 0 Å². The third-order valence-corrected chi connectivity index (χ3v) is 2.83. The largest absolute Gasteiger partial charge is 0.329 e. The monoisotopic (exact) mass is 181 g/mol. The predicted molar refractivity (Wildman–Crippen MR) is 55.6 cm³/mol. The van der Waals surface area contributed by atoms with Gasteiger partial charge in [-0.2, -0.15) is 0 Å². The van der Waals surface area contributed by atoms with Crippen molar-refractivity contribution in [1.29, 1.82) is 0 Å². The van der Waals surface area contributed by atoms with Crippen LogP contribution in [0.1, 0.15) is 12.5 Å². The summed E-state index contributed by atoms with van der Waals surface area (Å²) in [5, 5.41) is 0.507. The Morgan fingerprint density at radius 1 is 1.33 bits per heavy atom. The summed E-state index contributed by atoms with van der Waals surface area (Å²) in [6.45, 7) is 4.98. The molecule has 0 fully saturated rings. The molecule has 0 aliphatic carbocycles. The summed E-state index contributed by atoms with van der Waals surface area (Å²) in [7, 11) is 0. The fraction of sp³-hybridized carbons (Fsp3) is 0.400. The molecule has 0 aromatic heterocycles. The average Bonchev–Trinajstić information content (AvgIpc) is 2.09. The summed E-state index contributed by atoms with van der Waals surface area (Å²) >= 11 is 1.83. The molecule has 0 aliphatic heterocycles. The van der Waals surface area contributed by atoms with Crippen molar-refractivity contribution in [1.82, 2.24) is 0 Å². The summed E-state index contributed by atoms with van der Waals surface area (Å²) < 4.78 is 0. The molecule has 0 saturated carbocycles. The van der Waals surface area contributed by atoms with Gasteiger partial charge >= 0.3 is 0 Å². The third-order valence-electron chi connectivity index (χ3n) is 1.69. The number of nitrogens with two attached hydrogens (primary N) is 1. The first-order valence-corrected chi connectivity index (χ1v) is 5.03. The zero-order valence-corrected chi connectivity index (χ0v) is 8.40. The molecule has 2 heteroatoms. The minimum atomic E-state index is 0.507. The smallest absolute Gasteiger partial charge is 0.0189 e. The van der Waals surface area contributed by atoms with E-state index in [1.807, 2.05) is 11.8 Å². The molecule has 0 heterocycles. The highest BCUT2D eigenvalue weighted by Gasteiger charge is 2.00. The van der Waals surface area contributed by atoms with E-state index in [2.05, 4.69) is 38.1 Å². The first-order valence-electron chi connectivity index (χ1n) is 4.16. The van der Waals surface area contributed by atoms with Crippen LogP contribution in [0, 0.1) is 6.92 Å². The van der Waals surface area contributed by atoms with Crippen LogP contribution in [0.4, 0.5) is 0 Å². The second-order valence-electron chi connectivity index (χ2n) is 2.98. The van der Waals surface area contributed by atoms with Gasteiger partial charge in [-0.15, -0.1) is 11.8 Å². The van der Waals surface area contributed by atoms with Crippen LogP contribution in [0.25, 0.3) is 0 Å². The van der Waals surface area contributed by atoms with Crippen molar-refractivity contribution in [2.75, 3.05) is 6.54 Å². The van der Waals surface area contributed by atoms with Gasteiger partial charge in [0.15, 0.2) is 0 Å². The maximum Gasteiger partial charge on any atom is 0.0189 e. The number of aryl methyl sites for hydroxylation is 1. The first kappa shape index (κ1) is 9.62. The molecule has 2 N–H and O–H groups in total. The summed E-state index contributed by atoms with van der Waals surface area (Å²) in [5.41, 5.74) is 6.83. The van der Waals surface area contributed by atoms with Crippen LogP contribution in [0.2, 0.25) is 0 Å². The van der Waals surface area contributed by atoms with E-state index in [-0.39, 0.29) is 0 Å². The number of hydrogen-bond acceptors (Lipinski definition) is 2. The normalized spacial score (nSPS) is 12.9. The molecule has 1 aromatic carbocycles. The molecule has 1 rings (SSSR count). The van der Waals surface area contributed by atoms with Crippen molar-refractivity contribution >= 4 is 11.8 Å². The minimum absolute atomic E-state index is 0.507. The maximum absolute atomic E-state index is 5.53. The minimum Gasteiger partial charge on any atom is -0.329 e. The lowest BCUT2D eigenvalue weighted by Gasteiger charge is -2.07. The molecule has 66 valence electrons. The van der Waals surface area contributed by atoms with E-state index in [0.717, 1.165) is 6.54 Å². The van der Waals surface area contributed by atoms with Gasteiger partial charge in [0.1, 0.15) is 0 Å². The number of thioether (sulfide) groups is 1. The quantitative estimate of drug-likeness (QED) is 0.725. The predicted octanol–water partition coefficient (Wildman–Crippen LogP) is 2.43. The van der Waals surface area contributed by atoms with Crippen LogP contribution in [-0.2, 0) is 0 Å². The zero-order chi connectivity index (χ0) is 8.97. The van der Waals surface area contributed by atoms with E-state index < -0.39 is 0 Å². The Bertz CT molecular complexity index is 230. The molecule has 12 heavy (non-hydrogen) atoms. The highest BCUT2D eigenvalue weighted by Crippen LogP contribution is 2.22. The fourth-order valence-corrected chi connectivity index (χ4v) is 1.75. The molecular weight excluding hydrogens is 166 g/mol. The van der Waals surface area contributed by atoms with Crippen LogP contribution < -0.4 is 5.73 Å². The van der Waals surface area contributed by atoms with E-state index in [1.54, 1.807) is 0 Å². The van der Waals surface area contributed by atoms with Crippen LogP contribution in [-0.4, -0.2) is 11.8 Å². The Morgan fingerprint density at radius 2 is 1.92 bits per heavy atom. The molecule has 1 unspecified atom stereocenters. The molecule has 1 aromatic rings. The molecule has 0 amide bonds. The average molecular weight is 181 g/mol. The first-order chi connectivity index (χ1) is 5.72. The van der Waals surface area contributed by atoms with Gasteiger partial charge in [0.25, 0.3) is 0 Å². The van der Waals surface area contributed by atoms with Gasteiger partial charge in [-0.1, -0.05) is 24.6 Å². The summed E-state index contributed by atoms with van der Waals surface area (Å²) in [6, 6.07) is 8.55. The lowest BCUT2D eigenvalue weighted by atomic mass is 10.2. The summed E-state index contributed by atoms with van der Waals surface area (Å²) in [5.74, 6) is 0. The van der Waals surface area contributed by atoms with Crippen molar-refractivity contribution < 1.29 is 0 Å². The topological polar surface area (TPSA) is 26.0 Å². The van der Waals surface area contributed by atoms with Gasteiger partial charge in [0, 0.05) is 16.7 Å². The number of rotatable bonds is 3. The molecule has 0 aliphatic rings. The van der Waals surface area contributed by atoms with Crippen LogP contribution >= 0.6 is 11.8 Å². The summed E-state index contributed by atoms with van der Waals surface area (Å²) in [6.07, 6.45) is 0. The molecule has 0 radical (unpaired) electrons. The van der Waals surface area contributed by atoms with Crippen molar-refractivity contribution in [2.45, 2.75) is 24.0 Å². The van der Waals surface area contributed by atoms with Crippen molar-refractivity contribution in [3.05, 3.63) is 29.8 Å². The lowest BCUT2D eigenvalue weighted by molar-refractivity contribution is 0.951. The Hall–Kier alpha value is -0.470. The fourth-order valence-electron chi connectivity index (χ4n) is 0.897. The van der Waals surface area contributed by atoms with Gasteiger partial charge in [0.05, 0.1) is 0 Å².